The van der Waals surface area contributed by atoms with Crippen molar-refractivity contribution in [1.82, 2.24) is 5.32 Å². The number of aliphatic hydroxyl groups excluding tert-OH is 1. The van der Waals surface area contributed by atoms with E-state index in [1.54, 1.807) is 0 Å². The Balaban J connectivity index is 1.78. The summed E-state index contributed by atoms with van der Waals surface area (Å²) in [5.74, 6) is 1.50. The Morgan fingerprint density at radius 3 is 2.64 bits per heavy atom. The van der Waals surface area contributed by atoms with E-state index in [1.165, 1.54) is 0 Å². The van der Waals surface area contributed by atoms with E-state index in [0.717, 1.165) is 17.7 Å². The highest BCUT2D eigenvalue weighted by Crippen LogP contribution is 2.17. The summed E-state index contributed by atoms with van der Waals surface area (Å²) >= 11 is 0. The summed E-state index contributed by atoms with van der Waals surface area (Å²) in [5, 5.41) is 12.1. The molecule has 1 aliphatic rings. The first kappa shape index (κ1) is 16.6. The van der Waals surface area contributed by atoms with Gasteiger partial charge in [0.05, 0.1) is 13.0 Å². The topological polar surface area (TPSA) is 58.6 Å². The number of carbonyl (C=O) groups excluding carboxylic acids is 1. The van der Waals surface area contributed by atoms with Gasteiger partial charge >= 0.3 is 0 Å². The Labute approximate surface area is 132 Å². The first-order valence-corrected chi connectivity index (χ1v) is 7.87. The van der Waals surface area contributed by atoms with Crippen LogP contribution in [0.5, 0.6) is 5.75 Å². The van der Waals surface area contributed by atoms with Crippen LogP contribution >= 0.6 is 0 Å². The molecule has 4 nitrogen and oxygen atoms in total. The fourth-order valence-corrected chi connectivity index (χ4v) is 2.43. The van der Waals surface area contributed by atoms with Crippen LogP contribution in [-0.4, -0.2) is 30.3 Å². The lowest BCUT2D eigenvalue weighted by Crippen LogP contribution is -2.34. The Morgan fingerprint density at radius 1 is 1.32 bits per heavy atom. The normalized spacial score (nSPS) is 20.4. The van der Waals surface area contributed by atoms with E-state index in [0.29, 0.717) is 18.9 Å². The third-order valence-electron chi connectivity index (χ3n) is 3.62. The quantitative estimate of drug-likeness (QED) is 0.760. The van der Waals surface area contributed by atoms with Gasteiger partial charge in [0.1, 0.15) is 5.75 Å². The minimum atomic E-state index is 0.00379. The highest BCUT2D eigenvalue weighted by atomic mass is 16.5. The van der Waals surface area contributed by atoms with Gasteiger partial charge in [0.2, 0.25) is 5.91 Å². The van der Waals surface area contributed by atoms with Crippen molar-refractivity contribution in [2.24, 2.45) is 11.8 Å². The predicted octanol–water partition coefficient (Wildman–Crippen LogP) is 2.32. The van der Waals surface area contributed by atoms with Crippen LogP contribution < -0.4 is 10.1 Å². The lowest BCUT2D eigenvalue weighted by Gasteiger charge is -2.13. The third-order valence-corrected chi connectivity index (χ3v) is 3.62. The average Bonchev–Trinajstić information content (AvgIpc) is 2.94. The monoisotopic (exact) mass is 303 g/mol. The second-order valence-electron chi connectivity index (χ2n) is 6.26. The molecule has 0 saturated carbocycles. The molecule has 0 spiro atoms. The molecule has 2 N–H and O–H groups in total. The van der Waals surface area contributed by atoms with E-state index in [-0.39, 0.29) is 24.5 Å². The number of ether oxygens (including phenoxy) is 1. The van der Waals surface area contributed by atoms with Crippen molar-refractivity contribution in [2.75, 3.05) is 13.2 Å². The molecule has 0 unspecified atom stereocenters. The van der Waals surface area contributed by atoms with Gasteiger partial charge in [-0.15, -0.1) is 0 Å². The summed E-state index contributed by atoms with van der Waals surface area (Å²) in [6.07, 6.45) is 5.07. The van der Waals surface area contributed by atoms with Gasteiger partial charge < -0.3 is 15.2 Å². The maximum atomic E-state index is 12.0. The second-order valence-corrected chi connectivity index (χ2v) is 6.26. The predicted molar refractivity (Wildman–Crippen MR) is 86.7 cm³/mol. The maximum Gasteiger partial charge on any atom is 0.224 e. The van der Waals surface area contributed by atoms with Gasteiger partial charge in [-0.1, -0.05) is 38.1 Å². The molecule has 1 aromatic rings. The zero-order valence-electron chi connectivity index (χ0n) is 13.3. The van der Waals surface area contributed by atoms with Gasteiger partial charge in [0.15, 0.2) is 0 Å². The minimum absolute atomic E-state index is 0.00379. The summed E-state index contributed by atoms with van der Waals surface area (Å²) in [7, 11) is 0. The SMILES string of the molecule is CC(C)COc1ccc(CC(=O)N[C@@H]2C=C[C@H](CO)C2)cc1. The molecule has 120 valence electrons. The Kier molecular flexibility index (Phi) is 6.01. The van der Waals surface area contributed by atoms with Crippen LogP contribution in [0.2, 0.25) is 0 Å². The fraction of sp³-hybridized carbons (Fsp3) is 0.500. The number of hydrogen-bond acceptors (Lipinski definition) is 3. The van der Waals surface area contributed by atoms with E-state index in [9.17, 15) is 4.79 Å². The smallest absolute Gasteiger partial charge is 0.224 e. The van der Waals surface area contributed by atoms with Crippen LogP contribution in [-0.2, 0) is 11.2 Å². The van der Waals surface area contributed by atoms with Gasteiger partial charge in [-0.3, -0.25) is 4.79 Å². The molecule has 4 heteroatoms. The molecule has 22 heavy (non-hydrogen) atoms. The van der Waals surface area contributed by atoms with Crippen molar-refractivity contribution in [3.8, 4) is 5.75 Å². The number of aliphatic hydroxyl groups is 1. The molecule has 1 aliphatic carbocycles. The van der Waals surface area contributed by atoms with Crippen molar-refractivity contribution in [3.05, 3.63) is 42.0 Å². The summed E-state index contributed by atoms with van der Waals surface area (Å²) < 4.78 is 5.63. The molecule has 0 aromatic heterocycles. The van der Waals surface area contributed by atoms with E-state index >= 15 is 0 Å². The van der Waals surface area contributed by atoms with Gasteiger partial charge in [-0.25, -0.2) is 0 Å². The Hall–Kier alpha value is -1.81. The molecule has 1 aromatic carbocycles. The van der Waals surface area contributed by atoms with Crippen molar-refractivity contribution >= 4 is 5.91 Å². The van der Waals surface area contributed by atoms with Crippen molar-refractivity contribution in [2.45, 2.75) is 32.7 Å². The van der Waals surface area contributed by atoms with Crippen LogP contribution in [0.4, 0.5) is 0 Å². The number of nitrogens with one attached hydrogen (secondary N) is 1. The van der Waals surface area contributed by atoms with E-state index in [1.807, 2.05) is 36.4 Å². The van der Waals surface area contributed by atoms with Gasteiger partial charge in [0.25, 0.3) is 0 Å². The minimum Gasteiger partial charge on any atom is -0.493 e. The van der Waals surface area contributed by atoms with Crippen molar-refractivity contribution in [1.29, 1.82) is 0 Å². The summed E-state index contributed by atoms with van der Waals surface area (Å²) in [5.41, 5.74) is 0.968. The molecule has 0 radical (unpaired) electrons. The molecule has 0 saturated heterocycles. The Bertz CT molecular complexity index is 508. The lowest BCUT2D eigenvalue weighted by molar-refractivity contribution is -0.120. The second kappa shape index (κ2) is 7.99. The molecule has 1 amide bonds. The van der Waals surface area contributed by atoms with Gasteiger partial charge in [-0.05, 0) is 30.0 Å². The van der Waals surface area contributed by atoms with Crippen LogP contribution in [0.3, 0.4) is 0 Å². The molecule has 0 heterocycles. The number of rotatable bonds is 7. The van der Waals surface area contributed by atoms with Crippen molar-refractivity contribution in [3.63, 3.8) is 0 Å². The number of benzene rings is 1. The van der Waals surface area contributed by atoms with E-state index in [4.69, 9.17) is 9.84 Å². The zero-order valence-corrected chi connectivity index (χ0v) is 13.3. The summed E-state index contributed by atoms with van der Waals surface area (Å²) in [6, 6.07) is 7.70. The van der Waals surface area contributed by atoms with Crippen molar-refractivity contribution < 1.29 is 14.6 Å². The van der Waals surface area contributed by atoms with Gasteiger partial charge in [0, 0.05) is 18.6 Å². The van der Waals surface area contributed by atoms with Crippen LogP contribution in [0.15, 0.2) is 36.4 Å². The third kappa shape index (κ3) is 5.19. The zero-order chi connectivity index (χ0) is 15.9. The molecule has 0 fully saturated rings. The fourth-order valence-electron chi connectivity index (χ4n) is 2.43. The molecular weight excluding hydrogens is 278 g/mol. The molecule has 0 aliphatic heterocycles. The molecule has 2 atom stereocenters. The molecular formula is C18H25NO3. The maximum absolute atomic E-state index is 12.0. The standard InChI is InChI=1S/C18H25NO3/c1-13(2)12-22-17-7-4-14(5-8-17)10-18(21)19-16-6-3-15(9-16)11-20/h3-8,13,15-16,20H,9-12H2,1-2H3,(H,19,21)/t15-,16+/m0/s1. The lowest BCUT2D eigenvalue weighted by atomic mass is 10.1. The number of hydrogen-bond donors (Lipinski definition) is 2. The van der Waals surface area contributed by atoms with Gasteiger partial charge in [-0.2, -0.15) is 0 Å². The van der Waals surface area contributed by atoms with Crippen LogP contribution in [0.25, 0.3) is 0 Å². The highest BCUT2D eigenvalue weighted by molar-refractivity contribution is 5.79. The first-order chi connectivity index (χ1) is 10.6. The molecule has 2 rings (SSSR count). The highest BCUT2D eigenvalue weighted by Gasteiger charge is 2.19. The van der Waals surface area contributed by atoms with E-state index < -0.39 is 0 Å². The van der Waals surface area contributed by atoms with Crippen LogP contribution in [0, 0.1) is 11.8 Å². The number of carbonyl (C=O) groups is 1. The average molecular weight is 303 g/mol. The Morgan fingerprint density at radius 2 is 2.05 bits per heavy atom. The molecule has 0 bridgehead atoms. The number of amides is 1. The summed E-state index contributed by atoms with van der Waals surface area (Å²) in [6.45, 7) is 5.05. The van der Waals surface area contributed by atoms with Crippen LogP contribution in [0.1, 0.15) is 25.8 Å². The first-order valence-electron chi connectivity index (χ1n) is 7.87. The summed E-state index contributed by atoms with van der Waals surface area (Å²) in [4.78, 5) is 12.0. The largest absolute Gasteiger partial charge is 0.493 e. The van der Waals surface area contributed by atoms with E-state index in [2.05, 4.69) is 19.2 Å².